The number of benzene rings is 1. The quantitative estimate of drug-likeness (QED) is 0.763. The standard InChI is InChI=1S/C16H24N2O5S/c1-5-18(6-2)24(22,23)14-11-13(8-7-12(14)3)16(21)17(4)10-9-15(19)20/h7-8,11H,5-6,9-10H2,1-4H3,(H,19,20). The van der Waals surface area contributed by atoms with Crippen molar-refractivity contribution in [2.75, 3.05) is 26.7 Å². The second kappa shape index (κ2) is 8.25. The highest BCUT2D eigenvalue weighted by Gasteiger charge is 2.25. The molecule has 134 valence electrons. The molecular formula is C16H24N2O5S. The normalized spacial score (nSPS) is 11.5. The highest BCUT2D eigenvalue weighted by atomic mass is 32.2. The third-order valence-electron chi connectivity index (χ3n) is 3.77. The number of nitrogens with zero attached hydrogens (tertiary/aromatic N) is 2. The Kier molecular flexibility index (Phi) is 6.92. The molecule has 0 bridgehead atoms. The number of aryl methyl sites for hydroxylation is 1. The van der Waals surface area contributed by atoms with E-state index in [9.17, 15) is 18.0 Å². The number of hydrogen-bond donors (Lipinski definition) is 1. The van der Waals surface area contributed by atoms with E-state index in [1.54, 1.807) is 32.9 Å². The van der Waals surface area contributed by atoms with Gasteiger partial charge in [-0.2, -0.15) is 4.31 Å². The summed E-state index contributed by atoms with van der Waals surface area (Å²) in [5, 5.41) is 8.69. The van der Waals surface area contributed by atoms with Crippen LogP contribution in [0.3, 0.4) is 0 Å². The van der Waals surface area contributed by atoms with Gasteiger partial charge in [0.05, 0.1) is 11.3 Å². The number of amides is 1. The number of rotatable bonds is 8. The molecule has 8 heteroatoms. The molecule has 0 saturated carbocycles. The van der Waals surface area contributed by atoms with Gasteiger partial charge in [-0.15, -0.1) is 0 Å². The van der Waals surface area contributed by atoms with E-state index >= 15 is 0 Å². The zero-order valence-electron chi connectivity index (χ0n) is 14.4. The van der Waals surface area contributed by atoms with Crippen LogP contribution in [0.1, 0.15) is 36.2 Å². The Balaban J connectivity index is 3.18. The lowest BCUT2D eigenvalue weighted by molar-refractivity contribution is -0.137. The number of sulfonamides is 1. The Morgan fingerprint density at radius 1 is 1.17 bits per heavy atom. The van der Waals surface area contributed by atoms with Gasteiger partial charge < -0.3 is 10.0 Å². The summed E-state index contributed by atoms with van der Waals surface area (Å²) in [7, 11) is -2.18. The maximum absolute atomic E-state index is 12.7. The van der Waals surface area contributed by atoms with Crippen LogP contribution in [0.4, 0.5) is 0 Å². The number of hydrogen-bond acceptors (Lipinski definition) is 4. The van der Waals surface area contributed by atoms with Gasteiger partial charge in [-0.3, -0.25) is 9.59 Å². The van der Waals surface area contributed by atoms with Crippen LogP contribution >= 0.6 is 0 Å². The van der Waals surface area contributed by atoms with Gasteiger partial charge in [0.1, 0.15) is 0 Å². The Morgan fingerprint density at radius 2 is 1.75 bits per heavy atom. The third kappa shape index (κ3) is 4.55. The maximum Gasteiger partial charge on any atom is 0.305 e. The lowest BCUT2D eigenvalue weighted by Crippen LogP contribution is -2.32. The van der Waals surface area contributed by atoms with E-state index in [0.717, 1.165) is 0 Å². The minimum atomic E-state index is -3.67. The van der Waals surface area contributed by atoms with E-state index in [-0.39, 0.29) is 23.4 Å². The summed E-state index contributed by atoms with van der Waals surface area (Å²) < 4.78 is 26.7. The Morgan fingerprint density at radius 3 is 2.25 bits per heavy atom. The minimum Gasteiger partial charge on any atom is -0.481 e. The van der Waals surface area contributed by atoms with Gasteiger partial charge in [-0.25, -0.2) is 8.42 Å². The predicted molar refractivity (Wildman–Crippen MR) is 90.5 cm³/mol. The van der Waals surface area contributed by atoms with Crippen LogP contribution in [0.2, 0.25) is 0 Å². The van der Waals surface area contributed by atoms with Crippen molar-refractivity contribution in [1.82, 2.24) is 9.21 Å². The van der Waals surface area contributed by atoms with Crippen molar-refractivity contribution < 1.29 is 23.1 Å². The Bertz CT molecular complexity index is 711. The van der Waals surface area contributed by atoms with Gasteiger partial charge in [-0.05, 0) is 24.6 Å². The largest absolute Gasteiger partial charge is 0.481 e. The topological polar surface area (TPSA) is 95.0 Å². The van der Waals surface area contributed by atoms with E-state index in [2.05, 4.69) is 0 Å². The Labute approximate surface area is 142 Å². The van der Waals surface area contributed by atoms with Crippen molar-refractivity contribution in [2.45, 2.75) is 32.1 Å². The third-order valence-corrected chi connectivity index (χ3v) is 5.96. The minimum absolute atomic E-state index is 0.0557. The molecule has 0 aliphatic carbocycles. The molecule has 1 N–H and O–H groups in total. The molecule has 0 saturated heterocycles. The first-order valence-electron chi connectivity index (χ1n) is 7.73. The van der Waals surface area contributed by atoms with Crippen LogP contribution in [0.5, 0.6) is 0 Å². The van der Waals surface area contributed by atoms with Gasteiger partial charge in [0.25, 0.3) is 5.91 Å². The van der Waals surface area contributed by atoms with Crippen molar-refractivity contribution >= 4 is 21.9 Å². The number of carboxylic acid groups (broad SMARTS) is 1. The van der Waals surface area contributed by atoms with Crippen molar-refractivity contribution in [3.05, 3.63) is 29.3 Å². The van der Waals surface area contributed by atoms with Gasteiger partial charge in [0.2, 0.25) is 10.0 Å². The molecule has 0 atom stereocenters. The second-order valence-corrected chi connectivity index (χ2v) is 7.35. The molecule has 1 aromatic carbocycles. The molecule has 0 fully saturated rings. The molecule has 0 heterocycles. The zero-order chi connectivity index (χ0) is 18.5. The van der Waals surface area contributed by atoms with Crippen molar-refractivity contribution in [1.29, 1.82) is 0 Å². The van der Waals surface area contributed by atoms with Crippen LogP contribution in [-0.4, -0.2) is 61.3 Å². The molecule has 1 rings (SSSR count). The summed E-state index contributed by atoms with van der Waals surface area (Å²) in [4.78, 5) is 24.4. The van der Waals surface area contributed by atoms with E-state index in [4.69, 9.17) is 5.11 Å². The number of aliphatic carboxylic acids is 1. The number of carbonyl (C=O) groups excluding carboxylic acids is 1. The fourth-order valence-electron chi connectivity index (χ4n) is 2.30. The van der Waals surface area contributed by atoms with E-state index in [1.165, 1.54) is 22.3 Å². The molecule has 7 nitrogen and oxygen atoms in total. The molecule has 0 aliphatic heterocycles. The zero-order valence-corrected chi connectivity index (χ0v) is 15.3. The SMILES string of the molecule is CCN(CC)S(=O)(=O)c1cc(C(=O)N(C)CCC(=O)O)ccc1C. The van der Waals surface area contributed by atoms with E-state index in [1.807, 2.05) is 0 Å². The summed E-state index contributed by atoms with van der Waals surface area (Å²) in [6, 6.07) is 4.51. The van der Waals surface area contributed by atoms with Crippen LogP contribution in [-0.2, 0) is 14.8 Å². The average Bonchev–Trinajstić information content (AvgIpc) is 2.53. The summed E-state index contributed by atoms with van der Waals surface area (Å²) in [6.45, 7) is 5.93. The molecule has 0 unspecified atom stereocenters. The monoisotopic (exact) mass is 356 g/mol. The molecule has 24 heavy (non-hydrogen) atoms. The first-order chi connectivity index (χ1) is 11.1. The van der Waals surface area contributed by atoms with E-state index in [0.29, 0.717) is 18.7 Å². The molecule has 0 spiro atoms. The lowest BCUT2D eigenvalue weighted by Gasteiger charge is -2.21. The Hall–Kier alpha value is -1.93. The average molecular weight is 356 g/mol. The summed E-state index contributed by atoms with van der Waals surface area (Å²) in [6.07, 6.45) is -0.168. The molecule has 0 aliphatic rings. The van der Waals surface area contributed by atoms with Crippen LogP contribution in [0.25, 0.3) is 0 Å². The number of carboxylic acids is 1. The van der Waals surface area contributed by atoms with Crippen LogP contribution < -0.4 is 0 Å². The van der Waals surface area contributed by atoms with Crippen molar-refractivity contribution in [3.63, 3.8) is 0 Å². The van der Waals surface area contributed by atoms with Gasteiger partial charge in [0, 0.05) is 32.2 Å². The van der Waals surface area contributed by atoms with E-state index < -0.39 is 21.9 Å². The predicted octanol–water partition coefficient (Wildman–Crippen LogP) is 1.57. The second-order valence-electron chi connectivity index (χ2n) is 5.44. The van der Waals surface area contributed by atoms with Crippen molar-refractivity contribution in [2.24, 2.45) is 0 Å². The first-order valence-corrected chi connectivity index (χ1v) is 9.17. The number of carbonyl (C=O) groups is 2. The molecule has 1 aromatic rings. The summed E-state index contributed by atoms with van der Waals surface area (Å²) >= 11 is 0. The summed E-state index contributed by atoms with van der Waals surface area (Å²) in [5.74, 6) is -1.41. The van der Waals surface area contributed by atoms with Gasteiger partial charge >= 0.3 is 5.97 Å². The van der Waals surface area contributed by atoms with Crippen LogP contribution in [0.15, 0.2) is 23.1 Å². The lowest BCUT2D eigenvalue weighted by atomic mass is 10.1. The fourth-order valence-corrected chi connectivity index (χ4v) is 4.01. The van der Waals surface area contributed by atoms with Crippen LogP contribution in [0, 0.1) is 6.92 Å². The highest BCUT2D eigenvalue weighted by Crippen LogP contribution is 2.22. The van der Waals surface area contributed by atoms with Gasteiger partial charge in [-0.1, -0.05) is 19.9 Å². The van der Waals surface area contributed by atoms with Gasteiger partial charge in [0.15, 0.2) is 0 Å². The molecular weight excluding hydrogens is 332 g/mol. The summed E-state index contributed by atoms with van der Waals surface area (Å²) in [5.41, 5.74) is 0.783. The molecule has 0 aromatic heterocycles. The first kappa shape index (κ1) is 20.1. The maximum atomic E-state index is 12.7. The van der Waals surface area contributed by atoms with Crippen molar-refractivity contribution in [3.8, 4) is 0 Å². The molecule has 1 amide bonds. The highest BCUT2D eigenvalue weighted by molar-refractivity contribution is 7.89. The molecule has 0 radical (unpaired) electrons. The fraction of sp³-hybridized carbons (Fsp3) is 0.500. The smallest absolute Gasteiger partial charge is 0.305 e.